The summed E-state index contributed by atoms with van der Waals surface area (Å²) in [7, 11) is 0. The quantitative estimate of drug-likeness (QED) is 0.546. The lowest BCUT2D eigenvalue weighted by Crippen LogP contribution is -2.41. The van der Waals surface area contributed by atoms with Crippen molar-refractivity contribution in [1.82, 2.24) is 14.6 Å². The lowest BCUT2D eigenvalue weighted by Gasteiger charge is -2.24. The van der Waals surface area contributed by atoms with Crippen LogP contribution >= 0.6 is 0 Å². The van der Waals surface area contributed by atoms with E-state index in [2.05, 4.69) is 21.8 Å². The number of aliphatic imine (C=N–C) groups is 1. The van der Waals surface area contributed by atoms with Crippen molar-refractivity contribution >= 4 is 24.0 Å². The first-order valence-electron chi connectivity index (χ1n) is 9.93. The molecule has 0 radical (unpaired) electrons. The molecule has 0 spiro atoms. The van der Waals surface area contributed by atoms with E-state index in [-0.39, 0.29) is 24.2 Å². The molecular formula is C20H23N5O5. The van der Waals surface area contributed by atoms with E-state index in [0.717, 1.165) is 32.1 Å². The molecule has 2 aromatic rings. The van der Waals surface area contributed by atoms with Crippen LogP contribution in [-0.2, 0) is 19.9 Å². The van der Waals surface area contributed by atoms with Gasteiger partial charge in [0, 0.05) is 0 Å². The summed E-state index contributed by atoms with van der Waals surface area (Å²) in [5.41, 5.74) is -1.23. The molecule has 2 N–H and O–H groups in total. The number of nitriles is 1. The molecule has 0 unspecified atom stereocenters. The van der Waals surface area contributed by atoms with Crippen LogP contribution in [0.5, 0.6) is 0 Å². The summed E-state index contributed by atoms with van der Waals surface area (Å²) in [4.78, 5) is 20.1. The second kappa shape index (κ2) is 8.10. The van der Waals surface area contributed by atoms with E-state index in [9.17, 15) is 20.3 Å². The van der Waals surface area contributed by atoms with Gasteiger partial charge in [-0.1, -0.05) is 19.3 Å². The number of aromatic nitrogens is 3. The third-order valence-electron chi connectivity index (χ3n) is 5.91. The van der Waals surface area contributed by atoms with Crippen LogP contribution < -0.4 is 0 Å². The Hall–Kier alpha value is -2.87. The normalized spacial score (nSPS) is 29.6. The molecule has 1 saturated heterocycles. The minimum absolute atomic E-state index is 0.154. The van der Waals surface area contributed by atoms with E-state index in [0.29, 0.717) is 11.3 Å². The zero-order chi connectivity index (χ0) is 21.3. The Labute approximate surface area is 172 Å². The minimum atomic E-state index is -1.90. The number of fused-ring (bicyclic) bond motifs is 1. The smallest absolute Gasteiger partial charge is 0.309 e. The highest BCUT2D eigenvalue weighted by atomic mass is 16.6. The van der Waals surface area contributed by atoms with Crippen molar-refractivity contribution in [1.29, 1.82) is 5.26 Å². The van der Waals surface area contributed by atoms with Gasteiger partial charge in [-0.2, -0.15) is 10.4 Å². The zero-order valence-electron chi connectivity index (χ0n) is 16.3. The molecule has 2 aliphatic rings. The number of ether oxygens (including phenoxy) is 2. The summed E-state index contributed by atoms with van der Waals surface area (Å²) >= 11 is 0. The molecule has 2 fully saturated rings. The van der Waals surface area contributed by atoms with Crippen LogP contribution in [0.3, 0.4) is 0 Å². The predicted octanol–water partition coefficient (Wildman–Crippen LogP) is 1.02. The SMILES string of the molecule is C=Nc1ncnn2c([C@]3(C#N)O[C@H](COC(=O)C4CCCCC4)[C@@H](O)[C@H]3O)ccc12. The number of carbonyl (C=O) groups is 1. The van der Waals surface area contributed by atoms with Crippen molar-refractivity contribution in [3.8, 4) is 6.07 Å². The standard InChI is InChI=1S/C20H23N5O5/c1-22-18-13-7-8-15(25(13)24-11-23-18)20(10-21)17(27)16(26)14(30-20)9-29-19(28)12-5-3-2-4-6-12/h7-8,11-12,14,16-17,26-27H,1-6,9H2/t14-,16-,17-,20+/m1/s1. The van der Waals surface area contributed by atoms with E-state index >= 15 is 0 Å². The fraction of sp³-hybridized carbons (Fsp3) is 0.550. The number of nitrogens with zero attached hydrogens (tertiary/aromatic N) is 5. The molecule has 0 bridgehead atoms. The van der Waals surface area contributed by atoms with Crippen molar-refractivity contribution in [2.75, 3.05) is 6.61 Å². The van der Waals surface area contributed by atoms with Gasteiger partial charge in [-0.25, -0.2) is 14.5 Å². The number of carbonyl (C=O) groups excluding carboxylic acids is 1. The number of hydrogen-bond donors (Lipinski definition) is 2. The van der Waals surface area contributed by atoms with E-state index in [1.165, 1.54) is 10.8 Å². The highest BCUT2D eigenvalue weighted by Gasteiger charge is 2.57. The Bertz CT molecular complexity index is 995. The number of aliphatic hydroxyl groups is 2. The molecule has 3 heterocycles. The molecule has 1 aliphatic carbocycles. The summed E-state index contributed by atoms with van der Waals surface area (Å²) in [5, 5.41) is 35.3. The van der Waals surface area contributed by atoms with Gasteiger partial charge < -0.3 is 19.7 Å². The van der Waals surface area contributed by atoms with Crippen LogP contribution in [-0.4, -0.2) is 62.4 Å². The van der Waals surface area contributed by atoms with E-state index in [1.54, 1.807) is 12.1 Å². The molecule has 10 nitrogen and oxygen atoms in total. The van der Waals surface area contributed by atoms with Crippen molar-refractivity contribution in [3.05, 3.63) is 24.2 Å². The molecule has 2 aromatic heterocycles. The summed E-state index contributed by atoms with van der Waals surface area (Å²) in [6, 6.07) is 5.14. The Morgan fingerprint density at radius 1 is 1.40 bits per heavy atom. The van der Waals surface area contributed by atoms with E-state index < -0.39 is 23.9 Å². The van der Waals surface area contributed by atoms with Gasteiger partial charge in [-0.3, -0.25) is 4.79 Å². The van der Waals surface area contributed by atoms with Crippen LogP contribution in [0.2, 0.25) is 0 Å². The summed E-state index contributed by atoms with van der Waals surface area (Å²) in [6.07, 6.45) is 1.85. The van der Waals surface area contributed by atoms with Crippen molar-refractivity contribution in [3.63, 3.8) is 0 Å². The minimum Gasteiger partial charge on any atom is -0.463 e. The Kier molecular flexibility index (Phi) is 5.51. The second-order valence-electron chi connectivity index (χ2n) is 7.66. The summed E-state index contributed by atoms with van der Waals surface area (Å²) in [6.45, 7) is 3.20. The first-order chi connectivity index (χ1) is 14.5. The van der Waals surface area contributed by atoms with Crippen molar-refractivity contribution < 1.29 is 24.5 Å². The fourth-order valence-corrected chi connectivity index (χ4v) is 4.26. The Morgan fingerprint density at radius 3 is 2.87 bits per heavy atom. The highest BCUT2D eigenvalue weighted by Crippen LogP contribution is 2.41. The summed E-state index contributed by atoms with van der Waals surface area (Å²) < 4.78 is 12.6. The van der Waals surface area contributed by atoms with Crippen molar-refractivity contribution in [2.24, 2.45) is 10.9 Å². The third-order valence-corrected chi connectivity index (χ3v) is 5.91. The predicted molar refractivity (Wildman–Crippen MR) is 104 cm³/mol. The van der Waals surface area contributed by atoms with Crippen LogP contribution in [0.25, 0.3) is 5.52 Å². The topological polar surface area (TPSA) is 142 Å². The van der Waals surface area contributed by atoms with Gasteiger partial charge >= 0.3 is 5.97 Å². The molecule has 0 amide bonds. The molecule has 10 heteroatoms. The van der Waals surface area contributed by atoms with E-state index in [1.807, 2.05) is 6.07 Å². The maximum absolute atomic E-state index is 12.3. The van der Waals surface area contributed by atoms with Gasteiger partial charge in [-0.15, -0.1) is 0 Å². The molecule has 30 heavy (non-hydrogen) atoms. The molecule has 4 atom stereocenters. The molecule has 158 valence electrons. The lowest BCUT2D eigenvalue weighted by atomic mass is 9.89. The van der Waals surface area contributed by atoms with Crippen LogP contribution in [0, 0.1) is 17.2 Å². The Balaban J connectivity index is 1.57. The van der Waals surface area contributed by atoms with Gasteiger partial charge in [0.05, 0.1) is 11.6 Å². The summed E-state index contributed by atoms with van der Waals surface area (Å²) in [5.74, 6) is -0.189. The lowest BCUT2D eigenvalue weighted by molar-refractivity contribution is -0.156. The van der Waals surface area contributed by atoms with Crippen molar-refractivity contribution in [2.45, 2.75) is 56.0 Å². The largest absolute Gasteiger partial charge is 0.463 e. The first-order valence-corrected chi connectivity index (χ1v) is 9.93. The average Bonchev–Trinajstić information content (AvgIpc) is 3.33. The van der Waals surface area contributed by atoms with E-state index in [4.69, 9.17) is 9.47 Å². The zero-order valence-corrected chi connectivity index (χ0v) is 16.3. The van der Waals surface area contributed by atoms with Gasteiger partial charge in [0.1, 0.15) is 42.8 Å². The highest BCUT2D eigenvalue weighted by molar-refractivity contribution is 5.72. The third kappa shape index (κ3) is 3.25. The number of hydrogen-bond acceptors (Lipinski definition) is 9. The second-order valence-corrected chi connectivity index (χ2v) is 7.66. The maximum Gasteiger partial charge on any atom is 0.309 e. The first kappa shape index (κ1) is 20.4. The molecule has 1 aliphatic heterocycles. The molecule has 4 rings (SSSR count). The van der Waals surface area contributed by atoms with Gasteiger partial charge in [0.15, 0.2) is 5.82 Å². The van der Waals surface area contributed by atoms with Gasteiger partial charge in [-0.05, 0) is 31.7 Å². The number of esters is 1. The number of aliphatic hydroxyl groups excluding tert-OH is 2. The van der Waals surface area contributed by atoms with Crippen LogP contribution in [0.1, 0.15) is 37.8 Å². The maximum atomic E-state index is 12.3. The molecule has 0 aromatic carbocycles. The fourth-order valence-electron chi connectivity index (χ4n) is 4.26. The van der Waals surface area contributed by atoms with Gasteiger partial charge in [0.2, 0.25) is 5.60 Å². The average molecular weight is 413 g/mol. The van der Waals surface area contributed by atoms with Crippen LogP contribution in [0.15, 0.2) is 23.5 Å². The molecular weight excluding hydrogens is 390 g/mol. The Morgan fingerprint density at radius 2 is 2.17 bits per heavy atom. The van der Waals surface area contributed by atoms with Crippen LogP contribution in [0.4, 0.5) is 5.82 Å². The number of rotatable bonds is 5. The monoisotopic (exact) mass is 413 g/mol. The molecule has 1 saturated carbocycles. The van der Waals surface area contributed by atoms with Gasteiger partial charge in [0.25, 0.3) is 0 Å².